The maximum atomic E-state index is 12.0. The molecule has 2 N–H and O–H groups in total. The Balaban J connectivity index is 2.81. The van der Waals surface area contributed by atoms with Crippen LogP contribution in [0, 0.1) is 0 Å². The Hall–Kier alpha value is -0.890. The largest absolute Gasteiger partial charge is 0.324 e. The van der Waals surface area contributed by atoms with E-state index in [2.05, 4.69) is 0 Å². The molecular weight excluding hydrogens is 153 g/mol. The molecule has 0 saturated heterocycles. The Kier molecular flexibility index (Phi) is 3.23. The Labute approximate surface area is 72.4 Å². The fourth-order valence-corrected chi connectivity index (χ4v) is 1.14. The molecule has 0 heterocycles. The van der Waals surface area contributed by atoms with Crippen LogP contribution >= 0.6 is 0 Å². The number of nitrogens with two attached hydrogens (primary N) is 1. The molecule has 1 unspecified atom stereocenters. The molecule has 0 radical (unpaired) electrons. The van der Waals surface area contributed by atoms with Crippen LogP contribution in [0.2, 0.25) is 0 Å². The summed E-state index contributed by atoms with van der Waals surface area (Å²) < 4.78 is 12.0. The molecule has 0 saturated carbocycles. The van der Waals surface area contributed by atoms with Crippen LogP contribution in [-0.4, -0.2) is 6.67 Å². The number of rotatable bonds is 3. The van der Waals surface area contributed by atoms with Crippen LogP contribution in [0.25, 0.3) is 0 Å². The number of halogens is 1. The minimum absolute atomic E-state index is 0.0320. The molecule has 0 bridgehead atoms. The van der Waals surface area contributed by atoms with Crippen LogP contribution in [0.1, 0.15) is 24.1 Å². The molecule has 12 heavy (non-hydrogen) atoms. The summed E-state index contributed by atoms with van der Waals surface area (Å²) >= 11 is 0. The summed E-state index contributed by atoms with van der Waals surface area (Å²) in [6, 6.07) is 7.80. The lowest BCUT2D eigenvalue weighted by Gasteiger charge is -2.06. The van der Waals surface area contributed by atoms with E-state index in [-0.39, 0.29) is 12.7 Å². The van der Waals surface area contributed by atoms with Crippen LogP contribution in [0.15, 0.2) is 24.3 Å². The Morgan fingerprint density at radius 1 is 1.50 bits per heavy atom. The molecule has 0 aliphatic carbocycles. The average Bonchev–Trinajstić information content (AvgIpc) is 2.05. The summed E-state index contributed by atoms with van der Waals surface area (Å²) in [6.45, 7) is 1.62. The molecule has 1 atom stereocenters. The van der Waals surface area contributed by atoms with E-state index < -0.39 is 0 Å². The third kappa shape index (κ3) is 2.31. The summed E-state index contributed by atoms with van der Waals surface area (Å²) in [4.78, 5) is 0. The van der Waals surface area contributed by atoms with E-state index in [1.165, 1.54) is 0 Å². The van der Waals surface area contributed by atoms with Crippen LogP contribution in [0.3, 0.4) is 0 Å². The standard InChI is InChI=1S/C10H14FN/c1-8(12)10-4-2-3-9(7-10)5-6-11/h2-4,7-8H,5-6,12H2,1H3. The normalized spacial score (nSPS) is 12.9. The Bertz CT molecular complexity index is 245. The quantitative estimate of drug-likeness (QED) is 0.734. The SMILES string of the molecule is CC(N)c1cccc(CCF)c1. The third-order valence-electron chi connectivity index (χ3n) is 1.86. The van der Waals surface area contributed by atoms with Gasteiger partial charge in [-0.2, -0.15) is 0 Å². The van der Waals surface area contributed by atoms with Crippen molar-refractivity contribution in [2.75, 3.05) is 6.67 Å². The van der Waals surface area contributed by atoms with Crippen molar-refractivity contribution in [1.29, 1.82) is 0 Å². The van der Waals surface area contributed by atoms with Crippen molar-refractivity contribution >= 4 is 0 Å². The van der Waals surface area contributed by atoms with E-state index in [4.69, 9.17) is 5.73 Å². The first kappa shape index (κ1) is 9.20. The van der Waals surface area contributed by atoms with Gasteiger partial charge in [0.05, 0.1) is 6.67 Å². The van der Waals surface area contributed by atoms with Gasteiger partial charge in [-0.15, -0.1) is 0 Å². The van der Waals surface area contributed by atoms with Crippen LogP contribution in [0.5, 0.6) is 0 Å². The van der Waals surface area contributed by atoms with Gasteiger partial charge >= 0.3 is 0 Å². The van der Waals surface area contributed by atoms with Crippen molar-refractivity contribution < 1.29 is 4.39 Å². The lowest BCUT2D eigenvalue weighted by molar-refractivity contribution is 0.495. The highest BCUT2D eigenvalue weighted by Crippen LogP contribution is 2.12. The Morgan fingerprint density at radius 2 is 2.25 bits per heavy atom. The van der Waals surface area contributed by atoms with Gasteiger partial charge in [0.15, 0.2) is 0 Å². The van der Waals surface area contributed by atoms with Gasteiger partial charge in [-0.3, -0.25) is 4.39 Å². The average molecular weight is 167 g/mol. The van der Waals surface area contributed by atoms with Crippen molar-refractivity contribution in [1.82, 2.24) is 0 Å². The lowest BCUT2D eigenvalue weighted by atomic mass is 10.0. The van der Waals surface area contributed by atoms with Gasteiger partial charge in [-0.1, -0.05) is 24.3 Å². The van der Waals surface area contributed by atoms with Crippen LogP contribution in [0.4, 0.5) is 4.39 Å². The smallest absolute Gasteiger partial charge is 0.0934 e. The van der Waals surface area contributed by atoms with Crippen LogP contribution in [-0.2, 0) is 6.42 Å². The monoisotopic (exact) mass is 167 g/mol. The van der Waals surface area contributed by atoms with E-state index in [1.807, 2.05) is 31.2 Å². The molecule has 0 amide bonds. The Morgan fingerprint density at radius 3 is 2.83 bits per heavy atom. The maximum absolute atomic E-state index is 12.0. The fraction of sp³-hybridized carbons (Fsp3) is 0.400. The fourth-order valence-electron chi connectivity index (χ4n) is 1.14. The highest BCUT2D eigenvalue weighted by atomic mass is 19.1. The first-order chi connectivity index (χ1) is 5.74. The molecule has 0 aliphatic heterocycles. The number of hydrogen-bond donors (Lipinski definition) is 1. The predicted octanol–water partition coefficient (Wildman–Crippen LogP) is 2.22. The second kappa shape index (κ2) is 4.21. The zero-order valence-corrected chi connectivity index (χ0v) is 7.26. The summed E-state index contributed by atoms with van der Waals surface area (Å²) in [5.41, 5.74) is 7.78. The van der Waals surface area contributed by atoms with Crippen molar-refractivity contribution in [3.8, 4) is 0 Å². The summed E-state index contributed by atoms with van der Waals surface area (Å²) in [5, 5.41) is 0. The van der Waals surface area contributed by atoms with E-state index in [1.54, 1.807) is 0 Å². The highest BCUT2D eigenvalue weighted by Gasteiger charge is 1.99. The number of aryl methyl sites for hydroxylation is 1. The van der Waals surface area contributed by atoms with E-state index in [0.29, 0.717) is 6.42 Å². The topological polar surface area (TPSA) is 26.0 Å². The van der Waals surface area contributed by atoms with E-state index in [9.17, 15) is 4.39 Å². The van der Waals surface area contributed by atoms with Gasteiger partial charge in [0.2, 0.25) is 0 Å². The molecule has 0 aliphatic rings. The molecule has 1 rings (SSSR count). The van der Waals surface area contributed by atoms with E-state index >= 15 is 0 Å². The zero-order valence-electron chi connectivity index (χ0n) is 7.26. The molecule has 66 valence electrons. The second-order valence-electron chi connectivity index (χ2n) is 2.97. The predicted molar refractivity (Wildman–Crippen MR) is 48.7 cm³/mol. The van der Waals surface area contributed by atoms with Gasteiger partial charge in [0.25, 0.3) is 0 Å². The van der Waals surface area contributed by atoms with E-state index in [0.717, 1.165) is 11.1 Å². The third-order valence-corrected chi connectivity index (χ3v) is 1.86. The minimum Gasteiger partial charge on any atom is -0.324 e. The maximum Gasteiger partial charge on any atom is 0.0934 e. The highest BCUT2D eigenvalue weighted by molar-refractivity contribution is 5.25. The lowest BCUT2D eigenvalue weighted by Crippen LogP contribution is -2.05. The van der Waals surface area contributed by atoms with Crippen molar-refractivity contribution in [2.45, 2.75) is 19.4 Å². The van der Waals surface area contributed by atoms with Gasteiger partial charge in [0.1, 0.15) is 0 Å². The van der Waals surface area contributed by atoms with Crippen molar-refractivity contribution in [2.24, 2.45) is 5.73 Å². The molecule has 1 aromatic carbocycles. The minimum atomic E-state index is -0.303. The zero-order chi connectivity index (χ0) is 8.97. The molecule has 0 aromatic heterocycles. The molecule has 1 aromatic rings. The molecular formula is C10H14FN. The van der Waals surface area contributed by atoms with Gasteiger partial charge < -0.3 is 5.73 Å². The molecule has 0 spiro atoms. The summed E-state index contributed by atoms with van der Waals surface area (Å²) in [7, 11) is 0. The number of alkyl halides is 1. The number of benzene rings is 1. The van der Waals surface area contributed by atoms with Gasteiger partial charge in [0, 0.05) is 12.5 Å². The van der Waals surface area contributed by atoms with Crippen LogP contribution < -0.4 is 5.73 Å². The van der Waals surface area contributed by atoms with Crippen molar-refractivity contribution in [3.05, 3.63) is 35.4 Å². The van der Waals surface area contributed by atoms with Gasteiger partial charge in [-0.25, -0.2) is 0 Å². The second-order valence-corrected chi connectivity index (χ2v) is 2.97. The summed E-state index contributed by atoms with van der Waals surface area (Å²) in [5.74, 6) is 0. The first-order valence-electron chi connectivity index (χ1n) is 4.14. The van der Waals surface area contributed by atoms with Crippen molar-refractivity contribution in [3.63, 3.8) is 0 Å². The summed E-state index contributed by atoms with van der Waals surface area (Å²) in [6.07, 6.45) is 0.487. The molecule has 2 heteroatoms. The molecule has 0 fully saturated rings. The first-order valence-corrected chi connectivity index (χ1v) is 4.14. The van der Waals surface area contributed by atoms with Gasteiger partial charge in [-0.05, 0) is 18.1 Å². The molecule has 1 nitrogen and oxygen atoms in total. The number of hydrogen-bond acceptors (Lipinski definition) is 1.